The standard InChI is InChI=1S/C12H16O2S/c1-10-4-6-12(7-5-10)15-14-9-11-3-2-8-13-11/h4-7,11H,2-3,8-9H2,1H3. The number of benzene rings is 1. The van der Waals surface area contributed by atoms with Crippen LogP contribution in [0.5, 0.6) is 0 Å². The number of aryl methyl sites for hydroxylation is 1. The molecule has 0 aliphatic carbocycles. The van der Waals surface area contributed by atoms with Crippen LogP contribution >= 0.6 is 12.0 Å². The highest BCUT2D eigenvalue weighted by molar-refractivity contribution is 7.94. The van der Waals surface area contributed by atoms with Gasteiger partial charge in [0, 0.05) is 23.5 Å². The summed E-state index contributed by atoms with van der Waals surface area (Å²) in [6.07, 6.45) is 2.61. The maximum absolute atomic E-state index is 5.54. The molecule has 0 saturated carbocycles. The lowest BCUT2D eigenvalue weighted by atomic mass is 10.2. The second-order valence-electron chi connectivity index (χ2n) is 3.82. The first-order valence-corrected chi connectivity index (χ1v) is 6.06. The van der Waals surface area contributed by atoms with Crippen molar-refractivity contribution in [3.63, 3.8) is 0 Å². The van der Waals surface area contributed by atoms with Crippen molar-refractivity contribution in [1.29, 1.82) is 0 Å². The van der Waals surface area contributed by atoms with E-state index in [0.29, 0.717) is 12.7 Å². The van der Waals surface area contributed by atoms with E-state index >= 15 is 0 Å². The molecule has 1 saturated heterocycles. The summed E-state index contributed by atoms with van der Waals surface area (Å²) in [4.78, 5) is 1.15. The van der Waals surface area contributed by atoms with Crippen molar-refractivity contribution in [2.75, 3.05) is 13.2 Å². The minimum Gasteiger partial charge on any atom is -0.376 e. The van der Waals surface area contributed by atoms with E-state index in [1.165, 1.54) is 24.0 Å². The number of hydrogen-bond acceptors (Lipinski definition) is 3. The summed E-state index contributed by atoms with van der Waals surface area (Å²) in [5.41, 5.74) is 1.28. The minimum absolute atomic E-state index is 0.308. The monoisotopic (exact) mass is 224 g/mol. The quantitative estimate of drug-likeness (QED) is 0.732. The molecule has 3 heteroatoms. The molecule has 0 radical (unpaired) electrons. The molecule has 1 aliphatic heterocycles. The molecule has 1 aromatic rings. The largest absolute Gasteiger partial charge is 0.376 e. The average Bonchev–Trinajstić information content (AvgIpc) is 2.74. The highest BCUT2D eigenvalue weighted by atomic mass is 32.2. The molecule has 0 amide bonds. The van der Waals surface area contributed by atoms with Crippen molar-refractivity contribution < 1.29 is 8.92 Å². The third-order valence-corrected chi connectivity index (χ3v) is 3.17. The van der Waals surface area contributed by atoms with Crippen LogP contribution in [-0.2, 0) is 8.92 Å². The molecule has 0 aromatic heterocycles. The van der Waals surface area contributed by atoms with Gasteiger partial charge in [-0.15, -0.1) is 0 Å². The van der Waals surface area contributed by atoms with E-state index in [4.69, 9.17) is 8.92 Å². The van der Waals surface area contributed by atoms with Crippen LogP contribution in [0, 0.1) is 6.92 Å². The minimum atomic E-state index is 0.308. The molecule has 0 N–H and O–H groups in total. The summed E-state index contributed by atoms with van der Waals surface area (Å²) in [5, 5.41) is 0. The van der Waals surface area contributed by atoms with Crippen LogP contribution in [-0.4, -0.2) is 19.3 Å². The van der Waals surface area contributed by atoms with Crippen molar-refractivity contribution >= 4 is 12.0 Å². The van der Waals surface area contributed by atoms with Crippen LogP contribution in [0.1, 0.15) is 18.4 Å². The molecule has 1 aliphatic rings. The van der Waals surface area contributed by atoms with E-state index in [9.17, 15) is 0 Å². The van der Waals surface area contributed by atoms with E-state index in [1.54, 1.807) is 0 Å². The molecule has 0 bridgehead atoms. The Bertz CT molecular complexity index is 291. The lowest BCUT2D eigenvalue weighted by Gasteiger charge is -2.08. The van der Waals surface area contributed by atoms with Gasteiger partial charge in [0.15, 0.2) is 0 Å². The Balaban J connectivity index is 1.71. The van der Waals surface area contributed by atoms with Crippen LogP contribution in [0.15, 0.2) is 29.2 Å². The summed E-state index contributed by atoms with van der Waals surface area (Å²) >= 11 is 1.44. The van der Waals surface area contributed by atoms with E-state index < -0.39 is 0 Å². The van der Waals surface area contributed by atoms with Crippen LogP contribution in [0.3, 0.4) is 0 Å². The Kier molecular flexibility index (Phi) is 4.06. The predicted molar refractivity (Wildman–Crippen MR) is 62.0 cm³/mol. The number of rotatable bonds is 4. The fraction of sp³-hybridized carbons (Fsp3) is 0.500. The Hall–Kier alpha value is -0.510. The second kappa shape index (κ2) is 5.54. The van der Waals surface area contributed by atoms with Crippen molar-refractivity contribution in [2.24, 2.45) is 0 Å². The molecule has 0 spiro atoms. The third-order valence-electron chi connectivity index (χ3n) is 2.45. The van der Waals surface area contributed by atoms with Crippen LogP contribution in [0.25, 0.3) is 0 Å². The Labute approximate surface area is 95.2 Å². The second-order valence-corrected chi connectivity index (χ2v) is 4.69. The van der Waals surface area contributed by atoms with Gasteiger partial charge in [0.1, 0.15) is 0 Å². The lowest BCUT2D eigenvalue weighted by molar-refractivity contribution is 0.0750. The topological polar surface area (TPSA) is 18.5 Å². The summed E-state index contributed by atoms with van der Waals surface area (Å²) < 4.78 is 11.0. The molecule has 2 rings (SSSR count). The first-order valence-electron chi connectivity index (χ1n) is 5.32. The van der Waals surface area contributed by atoms with Gasteiger partial charge in [0.05, 0.1) is 12.7 Å². The van der Waals surface area contributed by atoms with Gasteiger partial charge in [-0.25, -0.2) is 0 Å². The van der Waals surface area contributed by atoms with Crippen molar-refractivity contribution in [1.82, 2.24) is 0 Å². The summed E-state index contributed by atoms with van der Waals surface area (Å²) in [5.74, 6) is 0. The normalized spacial score (nSPS) is 20.7. The van der Waals surface area contributed by atoms with Gasteiger partial charge in [-0.2, -0.15) is 0 Å². The summed E-state index contributed by atoms with van der Waals surface area (Å²) in [6.45, 7) is 3.67. The molecular formula is C12H16O2S. The van der Waals surface area contributed by atoms with Gasteiger partial charge in [0.25, 0.3) is 0 Å². The predicted octanol–water partition coefficient (Wildman–Crippen LogP) is 3.20. The van der Waals surface area contributed by atoms with Crippen LogP contribution in [0.4, 0.5) is 0 Å². The summed E-state index contributed by atoms with van der Waals surface area (Å²) in [7, 11) is 0. The van der Waals surface area contributed by atoms with E-state index in [-0.39, 0.29) is 0 Å². The maximum Gasteiger partial charge on any atom is 0.0880 e. The van der Waals surface area contributed by atoms with Crippen molar-refractivity contribution in [3.8, 4) is 0 Å². The van der Waals surface area contributed by atoms with Gasteiger partial charge < -0.3 is 8.92 Å². The SMILES string of the molecule is Cc1ccc(SOCC2CCCO2)cc1. The zero-order valence-corrected chi connectivity index (χ0v) is 9.76. The molecule has 1 atom stereocenters. The van der Waals surface area contributed by atoms with Crippen molar-refractivity contribution in [2.45, 2.75) is 30.8 Å². The zero-order valence-electron chi connectivity index (χ0n) is 8.94. The van der Waals surface area contributed by atoms with E-state index in [2.05, 4.69) is 31.2 Å². The van der Waals surface area contributed by atoms with E-state index in [1.807, 2.05) is 0 Å². The Morgan fingerprint density at radius 3 is 2.87 bits per heavy atom. The molecule has 1 fully saturated rings. The van der Waals surface area contributed by atoms with Gasteiger partial charge >= 0.3 is 0 Å². The highest BCUT2D eigenvalue weighted by Gasteiger charge is 2.15. The fourth-order valence-corrected chi connectivity index (χ4v) is 2.15. The molecule has 1 heterocycles. The van der Waals surface area contributed by atoms with Gasteiger partial charge in [-0.1, -0.05) is 17.7 Å². The number of hydrogen-bond donors (Lipinski definition) is 0. The van der Waals surface area contributed by atoms with Gasteiger partial charge in [-0.05, 0) is 31.9 Å². The zero-order chi connectivity index (χ0) is 10.5. The molecule has 1 aromatic carbocycles. The molecule has 15 heavy (non-hydrogen) atoms. The highest BCUT2D eigenvalue weighted by Crippen LogP contribution is 2.21. The van der Waals surface area contributed by atoms with Gasteiger partial charge in [-0.3, -0.25) is 0 Å². The summed E-state index contributed by atoms with van der Waals surface area (Å²) in [6, 6.07) is 8.35. The lowest BCUT2D eigenvalue weighted by Crippen LogP contribution is -2.11. The average molecular weight is 224 g/mol. The van der Waals surface area contributed by atoms with Crippen LogP contribution in [0.2, 0.25) is 0 Å². The van der Waals surface area contributed by atoms with Crippen molar-refractivity contribution in [3.05, 3.63) is 29.8 Å². The number of ether oxygens (including phenoxy) is 1. The van der Waals surface area contributed by atoms with E-state index in [0.717, 1.165) is 17.9 Å². The first kappa shape index (κ1) is 11.0. The maximum atomic E-state index is 5.54. The molecule has 1 unspecified atom stereocenters. The third kappa shape index (κ3) is 3.52. The smallest absolute Gasteiger partial charge is 0.0880 e. The first-order chi connectivity index (χ1) is 7.34. The van der Waals surface area contributed by atoms with Crippen LogP contribution < -0.4 is 0 Å². The Morgan fingerprint density at radius 2 is 2.20 bits per heavy atom. The molecule has 2 nitrogen and oxygen atoms in total. The molecular weight excluding hydrogens is 208 g/mol. The van der Waals surface area contributed by atoms with Gasteiger partial charge in [0.2, 0.25) is 0 Å². The molecule has 82 valence electrons. The fourth-order valence-electron chi connectivity index (χ4n) is 1.55. The Morgan fingerprint density at radius 1 is 1.40 bits per heavy atom.